The molecule has 1 aromatic carbocycles. The summed E-state index contributed by atoms with van der Waals surface area (Å²) in [5.41, 5.74) is 1.14. The van der Waals surface area contributed by atoms with Gasteiger partial charge in [-0.1, -0.05) is 29.3 Å². The van der Waals surface area contributed by atoms with E-state index >= 15 is 0 Å². The van der Waals surface area contributed by atoms with Crippen molar-refractivity contribution < 1.29 is 0 Å². The predicted octanol–water partition coefficient (Wildman–Crippen LogP) is 5.67. The van der Waals surface area contributed by atoms with Gasteiger partial charge >= 0.3 is 0 Å². The van der Waals surface area contributed by atoms with Gasteiger partial charge in [0.05, 0.1) is 10.0 Å². The SMILES string of the molecule is CC(NCc1sccc1Br)c1ccc(Cl)c(Cl)c1. The van der Waals surface area contributed by atoms with Crippen molar-refractivity contribution in [1.29, 1.82) is 0 Å². The Labute approximate surface area is 129 Å². The first-order valence-electron chi connectivity index (χ1n) is 5.48. The van der Waals surface area contributed by atoms with Crippen LogP contribution in [0.1, 0.15) is 23.4 Å². The van der Waals surface area contributed by atoms with E-state index in [1.807, 2.05) is 18.2 Å². The molecule has 96 valence electrons. The second kappa shape index (κ2) is 6.40. The second-order valence-electron chi connectivity index (χ2n) is 3.97. The monoisotopic (exact) mass is 363 g/mol. The van der Waals surface area contributed by atoms with Crippen LogP contribution in [0.2, 0.25) is 10.0 Å². The van der Waals surface area contributed by atoms with Gasteiger partial charge in [-0.3, -0.25) is 0 Å². The lowest BCUT2D eigenvalue weighted by atomic mass is 10.1. The van der Waals surface area contributed by atoms with Crippen molar-refractivity contribution in [3.05, 3.63) is 54.6 Å². The second-order valence-corrected chi connectivity index (χ2v) is 6.64. The molecule has 0 aliphatic rings. The molecular weight excluding hydrogens is 353 g/mol. The Morgan fingerprint density at radius 2 is 2.06 bits per heavy atom. The smallest absolute Gasteiger partial charge is 0.0595 e. The summed E-state index contributed by atoms with van der Waals surface area (Å²) in [5, 5.41) is 6.73. The minimum Gasteiger partial charge on any atom is -0.305 e. The van der Waals surface area contributed by atoms with Crippen molar-refractivity contribution in [2.24, 2.45) is 0 Å². The molecule has 1 nitrogen and oxygen atoms in total. The van der Waals surface area contributed by atoms with Crippen LogP contribution in [0.3, 0.4) is 0 Å². The molecule has 1 unspecified atom stereocenters. The van der Waals surface area contributed by atoms with Crippen molar-refractivity contribution in [3.8, 4) is 0 Å². The van der Waals surface area contributed by atoms with Gasteiger partial charge in [0.1, 0.15) is 0 Å². The topological polar surface area (TPSA) is 12.0 Å². The summed E-state index contributed by atoms with van der Waals surface area (Å²) in [4.78, 5) is 1.29. The summed E-state index contributed by atoms with van der Waals surface area (Å²) >= 11 is 17.2. The third-order valence-electron chi connectivity index (χ3n) is 2.70. The van der Waals surface area contributed by atoms with Gasteiger partial charge in [0, 0.05) is 21.9 Å². The zero-order chi connectivity index (χ0) is 13.1. The fraction of sp³-hybridized carbons (Fsp3) is 0.231. The third kappa shape index (κ3) is 3.49. The lowest BCUT2D eigenvalue weighted by molar-refractivity contribution is 0.578. The Hall–Kier alpha value is -0.0600. The molecule has 0 aliphatic carbocycles. The lowest BCUT2D eigenvalue weighted by Crippen LogP contribution is -2.17. The van der Waals surface area contributed by atoms with E-state index in [1.165, 1.54) is 4.88 Å². The number of halogens is 3. The van der Waals surface area contributed by atoms with Crippen LogP contribution in [0.5, 0.6) is 0 Å². The summed E-state index contributed by atoms with van der Waals surface area (Å²) in [6.07, 6.45) is 0. The number of benzene rings is 1. The molecule has 0 saturated heterocycles. The molecule has 1 heterocycles. The highest BCUT2D eigenvalue weighted by Gasteiger charge is 2.08. The first-order chi connectivity index (χ1) is 8.58. The van der Waals surface area contributed by atoms with Gasteiger partial charge < -0.3 is 5.32 Å². The van der Waals surface area contributed by atoms with Gasteiger partial charge in [-0.15, -0.1) is 11.3 Å². The summed E-state index contributed by atoms with van der Waals surface area (Å²) in [6.45, 7) is 2.95. The molecule has 18 heavy (non-hydrogen) atoms. The maximum atomic E-state index is 6.02. The van der Waals surface area contributed by atoms with E-state index in [-0.39, 0.29) is 6.04 Å². The van der Waals surface area contributed by atoms with Gasteiger partial charge in [-0.25, -0.2) is 0 Å². The molecule has 0 bridgehead atoms. The largest absolute Gasteiger partial charge is 0.305 e. The minimum absolute atomic E-state index is 0.230. The normalized spacial score (nSPS) is 12.7. The molecule has 1 atom stereocenters. The highest BCUT2D eigenvalue weighted by atomic mass is 79.9. The number of hydrogen-bond acceptors (Lipinski definition) is 2. The summed E-state index contributed by atoms with van der Waals surface area (Å²) in [5.74, 6) is 0. The maximum Gasteiger partial charge on any atom is 0.0595 e. The highest BCUT2D eigenvalue weighted by Crippen LogP contribution is 2.27. The van der Waals surface area contributed by atoms with Crippen molar-refractivity contribution in [2.45, 2.75) is 19.5 Å². The number of nitrogens with one attached hydrogen (secondary N) is 1. The van der Waals surface area contributed by atoms with Crippen molar-refractivity contribution in [2.75, 3.05) is 0 Å². The van der Waals surface area contributed by atoms with Crippen LogP contribution >= 0.6 is 50.5 Å². The molecule has 0 amide bonds. The summed E-state index contributed by atoms with van der Waals surface area (Å²) in [6, 6.07) is 8.03. The summed E-state index contributed by atoms with van der Waals surface area (Å²) < 4.78 is 1.15. The average Bonchev–Trinajstić information content (AvgIpc) is 2.75. The van der Waals surface area contributed by atoms with Crippen molar-refractivity contribution in [1.82, 2.24) is 5.32 Å². The number of hydrogen-bond donors (Lipinski definition) is 1. The van der Waals surface area contributed by atoms with E-state index in [1.54, 1.807) is 11.3 Å². The predicted molar refractivity (Wildman–Crippen MR) is 83.7 cm³/mol. The molecule has 0 radical (unpaired) electrons. The standard InChI is InChI=1S/C13H12BrCl2NS/c1-8(9-2-3-11(15)12(16)6-9)17-7-13-10(14)4-5-18-13/h2-6,8,17H,7H2,1H3. The first-order valence-corrected chi connectivity index (χ1v) is 7.91. The van der Waals surface area contributed by atoms with Crippen LogP contribution in [0.25, 0.3) is 0 Å². The van der Waals surface area contributed by atoms with Gasteiger partial charge in [0.15, 0.2) is 0 Å². The fourth-order valence-electron chi connectivity index (χ4n) is 1.60. The van der Waals surface area contributed by atoms with E-state index < -0.39 is 0 Å². The van der Waals surface area contributed by atoms with Gasteiger partial charge in [0.25, 0.3) is 0 Å². The molecule has 0 spiro atoms. The molecule has 1 aromatic heterocycles. The zero-order valence-corrected chi connectivity index (χ0v) is 13.6. The Morgan fingerprint density at radius 3 is 2.67 bits per heavy atom. The Bertz CT molecular complexity index is 542. The van der Waals surface area contributed by atoms with Crippen LogP contribution < -0.4 is 5.32 Å². The Kier molecular flexibility index (Phi) is 5.10. The van der Waals surface area contributed by atoms with Crippen LogP contribution in [0.15, 0.2) is 34.1 Å². The Morgan fingerprint density at radius 1 is 1.28 bits per heavy atom. The van der Waals surface area contributed by atoms with E-state index in [9.17, 15) is 0 Å². The van der Waals surface area contributed by atoms with Gasteiger partial charge in [0.2, 0.25) is 0 Å². The van der Waals surface area contributed by atoms with Gasteiger partial charge in [-0.05, 0) is 52.0 Å². The van der Waals surface area contributed by atoms with E-state index in [0.29, 0.717) is 10.0 Å². The van der Waals surface area contributed by atoms with Crippen LogP contribution in [0.4, 0.5) is 0 Å². The summed E-state index contributed by atoms with van der Waals surface area (Å²) in [7, 11) is 0. The highest BCUT2D eigenvalue weighted by molar-refractivity contribution is 9.10. The molecule has 1 N–H and O–H groups in total. The molecule has 2 aromatic rings. The number of rotatable bonds is 4. The molecule has 0 aliphatic heterocycles. The third-order valence-corrected chi connectivity index (χ3v) is 5.37. The molecule has 5 heteroatoms. The van der Waals surface area contributed by atoms with Crippen molar-refractivity contribution >= 4 is 50.5 Å². The zero-order valence-electron chi connectivity index (χ0n) is 9.71. The molecular formula is C13H12BrCl2NS. The van der Waals surface area contributed by atoms with Crippen LogP contribution in [0, 0.1) is 0 Å². The lowest BCUT2D eigenvalue weighted by Gasteiger charge is -2.14. The molecule has 0 saturated carbocycles. The van der Waals surface area contributed by atoms with Gasteiger partial charge in [-0.2, -0.15) is 0 Å². The number of thiophene rings is 1. The minimum atomic E-state index is 0.230. The van der Waals surface area contributed by atoms with E-state index in [0.717, 1.165) is 16.6 Å². The fourth-order valence-corrected chi connectivity index (χ4v) is 3.35. The maximum absolute atomic E-state index is 6.02. The van der Waals surface area contributed by atoms with E-state index in [4.69, 9.17) is 23.2 Å². The quantitative estimate of drug-likeness (QED) is 0.737. The molecule has 0 fully saturated rings. The van der Waals surface area contributed by atoms with E-state index in [2.05, 4.69) is 39.6 Å². The van der Waals surface area contributed by atoms with Crippen molar-refractivity contribution in [3.63, 3.8) is 0 Å². The average molecular weight is 365 g/mol. The molecule has 2 rings (SSSR count). The first kappa shape index (κ1) is 14.4. The Balaban J connectivity index is 2.01. The van der Waals surface area contributed by atoms with Crippen LogP contribution in [-0.2, 0) is 6.54 Å². The van der Waals surface area contributed by atoms with Crippen LogP contribution in [-0.4, -0.2) is 0 Å².